The maximum Gasteiger partial charge on any atom is 0.239 e. The summed E-state index contributed by atoms with van der Waals surface area (Å²) < 4.78 is 4.84. The summed E-state index contributed by atoms with van der Waals surface area (Å²) in [6, 6.07) is 3.56. The van der Waals surface area contributed by atoms with Gasteiger partial charge in [-0.2, -0.15) is 5.26 Å². The van der Waals surface area contributed by atoms with Crippen LogP contribution in [-0.2, 0) is 9.53 Å². The Bertz CT molecular complexity index is 483. The van der Waals surface area contributed by atoms with Crippen LogP contribution in [-0.4, -0.2) is 49.7 Å². The molecule has 1 aromatic rings. The molecule has 0 saturated carbocycles. The van der Waals surface area contributed by atoms with E-state index in [1.807, 2.05) is 6.07 Å². The molecule has 102 valence electrons. The molecule has 0 unspecified atom stereocenters. The molecule has 0 bridgehead atoms. The molecule has 0 aromatic carbocycles. The minimum absolute atomic E-state index is 0.123. The molecule has 0 atom stereocenters. The van der Waals surface area contributed by atoms with Crippen LogP contribution in [0.5, 0.6) is 0 Å². The Labute approximate surface area is 112 Å². The lowest BCUT2D eigenvalue weighted by atomic mass is 10.3. The second kappa shape index (κ2) is 7.28. The first kappa shape index (κ1) is 14.9. The molecule has 0 aliphatic rings. The maximum absolute atomic E-state index is 11.6. The predicted octanol–water partition coefficient (Wildman–Crippen LogP) is -0.144. The van der Waals surface area contributed by atoms with E-state index in [2.05, 4.69) is 15.3 Å². The highest BCUT2D eigenvalue weighted by Gasteiger charge is 2.11. The molecule has 0 aliphatic carbocycles. The molecule has 1 rings (SSSR count). The molecule has 1 aromatic heterocycles. The molecule has 0 aliphatic heterocycles. The SMILES string of the molecule is COCCNC(=O)CN(C)c1nc(C)cc(C#N)n1. The Morgan fingerprint density at radius 1 is 1.58 bits per heavy atom. The molecular weight excluding hydrogens is 246 g/mol. The summed E-state index contributed by atoms with van der Waals surface area (Å²) in [5.74, 6) is 0.210. The zero-order valence-electron chi connectivity index (χ0n) is 11.3. The minimum Gasteiger partial charge on any atom is -0.383 e. The van der Waals surface area contributed by atoms with E-state index in [0.29, 0.717) is 24.8 Å². The molecule has 1 amide bonds. The number of carbonyl (C=O) groups is 1. The number of anilines is 1. The van der Waals surface area contributed by atoms with Crippen LogP contribution in [0, 0.1) is 18.3 Å². The third-order valence-corrected chi connectivity index (χ3v) is 2.31. The summed E-state index contributed by atoms with van der Waals surface area (Å²) in [5.41, 5.74) is 0.974. The number of nitriles is 1. The fourth-order valence-electron chi connectivity index (χ4n) is 1.42. The molecule has 0 radical (unpaired) electrons. The Morgan fingerprint density at radius 2 is 2.32 bits per heavy atom. The van der Waals surface area contributed by atoms with Crippen molar-refractivity contribution in [3.8, 4) is 6.07 Å². The third-order valence-electron chi connectivity index (χ3n) is 2.31. The van der Waals surface area contributed by atoms with Crippen LogP contribution in [0.3, 0.4) is 0 Å². The molecule has 0 spiro atoms. The normalized spacial score (nSPS) is 9.79. The number of ether oxygens (including phenoxy) is 1. The van der Waals surface area contributed by atoms with E-state index < -0.39 is 0 Å². The van der Waals surface area contributed by atoms with Gasteiger partial charge in [-0.3, -0.25) is 4.79 Å². The van der Waals surface area contributed by atoms with Gasteiger partial charge in [0.1, 0.15) is 11.8 Å². The molecule has 7 nitrogen and oxygen atoms in total. The van der Waals surface area contributed by atoms with Crippen molar-refractivity contribution in [2.45, 2.75) is 6.92 Å². The highest BCUT2D eigenvalue weighted by atomic mass is 16.5. The van der Waals surface area contributed by atoms with Gasteiger partial charge in [0.2, 0.25) is 11.9 Å². The summed E-state index contributed by atoms with van der Waals surface area (Å²) in [5, 5.41) is 11.5. The number of nitrogens with one attached hydrogen (secondary N) is 1. The summed E-state index contributed by atoms with van der Waals surface area (Å²) in [6.07, 6.45) is 0. The van der Waals surface area contributed by atoms with Gasteiger partial charge in [0, 0.05) is 26.4 Å². The zero-order valence-corrected chi connectivity index (χ0v) is 11.3. The average Bonchev–Trinajstić information content (AvgIpc) is 2.38. The summed E-state index contributed by atoms with van der Waals surface area (Å²) in [4.78, 5) is 21.4. The van der Waals surface area contributed by atoms with Gasteiger partial charge >= 0.3 is 0 Å². The standard InChI is InChI=1S/C12H17N5O2/c1-9-6-10(7-13)16-12(15-9)17(2)8-11(18)14-4-5-19-3/h6H,4-5,8H2,1-3H3,(H,14,18). The number of hydrogen-bond donors (Lipinski definition) is 1. The van der Waals surface area contributed by atoms with Gasteiger partial charge in [-0.15, -0.1) is 0 Å². The molecule has 0 fully saturated rings. The highest BCUT2D eigenvalue weighted by Crippen LogP contribution is 2.07. The van der Waals surface area contributed by atoms with Gasteiger partial charge in [0.05, 0.1) is 13.2 Å². The van der Waals surface area contributed by atoms with Crippen molar-refractivity contribution in [1.29, 1.82) is 5.26 Å². The Kier molecular flexibility index (Phi) is 5.70. The Hall–Kier alpha value is -2.20. The van der Waals surface area contributed by atoms with Crippen molar-refractivity contribution in [2.75, 3.05) is 38.8 Å². The second-order valence-electron chi connectivity index (χ2n) is 4.01. The molecule has 19 heavy (non-hydrogen) atoms. The smallest absolute Gasteiger partial charge is 0.239 e. The van der Waals surface area contributed by atoms with Crippen LogP contribution in [0.15, 0.2) is 6.07 Å². The van der Waals surface area contributed by atoms with Crippen LogP contribution < -0.4 is 10.2 Å². The van der Waals surface area contributed by atoms with E-state index in [1.54, 1.807) is 32.0 Å². The minimum atomic E-state index is -0.150. The van der Waals surface area contributed by atoms with E-state index in [4.69, 9.17) is 10.00 Å². The van der Waals surface area contributed by atoms with Gasteiger partial charge in [-0.1, -0.05) is 0 Å². The van der Waals surface area contributed by atoms with E-state index in [-0.39, 0.29) is 18.1 Å². The fourth-order valence-corrected chi connectivity index (χ4v) is 1.42. The van der Waals surface area contributed by atoms with Crippen LogP contribution in [0.2, 0.25) is 0 Å². The van der Waals surface area contributed by atoms with Crippen LogP contribution in [0.25, 0.3) is 0 Å². The van der Waals surface area contributed by atoms with Crippen molar-refractivity contribution in [3.63, 3.8) is 0 Å². The van der Waals surface area contributed by atoms with Crippen LogP contribution >= 0.6 is 0 Å². The Morgan fingerprint density at radius 3 is 2.95 bits per heavy atom. The van der Waals surface area contributed by atoms with Crippen molar-refractivity contribution in [1.82, 2.24) is 15.3 Å². The lowest BCUT2D eigenvalue weighted by molar-refractivity contribution is -0.119. The fraction of sp³-hybridized carbons (Fsp3) is 0.500. The van der Waals surface area contributed by atoms with Crippen LogP contribution in [0.4, 0.5) is 5.95 Å². The lowest BCUT2D eigenvalue weighted by Crippen LogP contribution is -2.37. The molecular formula is C12H17N5O2. The number of nitrogens with zero attached hydrogens (tertiary/aromatic N) is 4. The lowest BCUT2D eigenvalue weighted by Gasteiger charge is -2.16. The summed E-state index contributed by atoms with van der Waals surface area (Å²) in [7, 11) is 3.27. The predicted molar refractivity (Wildman–Crippen MR) is 69.6 cm³/mol. The number of rotatable bonds is 6. The van der Waals surface area contributed by atoms with E-state index in [9.17, 15) is 4.79 Å². The van der Waals surface area contributed by atoms with Crippen LogP contribution in [0.1, 0.15) is 11.4 Å². The van der Waals surface area contributed by atoms with Crippen molar-refractivity contribution in [2.24, 2.45) is 0 Å². The monoisotopic (exact) mass is 263 g/mol. The van der Waals surface area contributed by atoms with Crippen molar-refractivity contribution in [3.05, 3.63) is 17.5 Å². The first-order valence-electron chi connectivity index (χ1n) is 5.79. The largest absolute Gasteiger partial charge is 0.383 e. The van der Waals surface area contributed by atoms with Gasteiger partial charge in [-0.05, 0) is 13.0 Å². The first-order chi connectivity index (χ1) is 9.06. The van der Waals surface area contributed by atoms with Crippen molar-refractivity contribution < 1.29 is 9.53 Å². The summed E-state index contributed by atoms with van der Waals surface area (Å²) in [6.45, 7) is 2.83. The summed E-state index contributed by atoms with van der Waals surface area (Å²) >= 11 is 0. The van der Waals surface area contributed by atoms with E-state index in [0.717, 1.165) is 0 Å². The second-order valence-corrected chi connectivity index (χ2v) is 4.01. The number of hydrogen-bond acceptors (Lipinski definition) is 6. The number of methoxy groups -OCH3 is 1. The number of aromatic nitrogens is 2. The van der Waals surface area contributed by atoms with Gasteiger partial charge in [0.15, 0.2) is 0 Å². The van der Waals surface area contributed by atoms with E-state index >= 15 is 0 Å². The Balaban J connectivity index is 2.63. The zero-order chi connectivity index (χ0) is 14.3. The molecule has 1 heterocycles. The number of aryl methyl sites for hydroxylation is 1. The van der Waals surface area contributed by atoms with Gasteiger partial charge in [-0.25, -0.2) is 9.97 Å². The van der Waals surface area contributed by atoms with E-state index in [1.165, 1.54) is 0 Å². The topological polar surface area (TPSA) is 91.1 Å². The number of likely N-dealkylation sites (N-methyl/N-ethyl adjacent to an activating group) is 1. The number of amides is 1. The van der Waals surface area contributed by atoms with Gasteiger partial charge in [0.25, 0.3) is 0 Å². The van der Waals surface area contributed by atoms with Gasteiger partial charge < -0.3 is 15.0 Å². The molecule has 0 saturated heterocycles. The first-order valence-corrected chi connectivity index (χ1v) is 5.79. The van der Waals surface area contributed by atoms with Crippen molar-refractivity contribution >= 4 is 11.9 Å². The highest BCUT2D eigenvalue weighted by molar-refractivity contribution is 5.80. The maximum atomic E-state index is 11.6. The quantitative estimate of drug-likeness (QED) is 0.718. The average molecular weight is 263 g/mol. The number of carbonyl (C=O) groups excluding carboxylic acids is 1. The third kappa shape index (κ3) is 4.89. The molecule has 7 heteroatoms. The molecule has 1 N–H and O–H groups in total.